The number of carboxylic acids is 1. The van der Waals surface area contributed by atoms with Gasteiger partial charge in [-0.05, 0) is 47.9 Å². The molecule has 0 bridgehead atoms. The number of aromatic nitrogens is 4. The summed E-state index contributed by atoms with van der Waals surface area (Å²) < 4.78 is 2.70. The predicted molar refractivity (Wildman–Crippen MR) is 124 cm³/mol. The Bertz CT molecular complexity index is 1470. The van der Waals surface area contributed by atoms with Crippen LogP contribution in [0, 0.1) is 6.92 Å². The first-order valence-electron chi connectivity index (χ1n) is 9.59. The Morgan fingerprint density at radius 2 is 1.97 bits per heavy atom. The Balaban J connectivity index is 1.75. The van der Waals surface area contributed by atoms with Crippen LogP contribution in [0.3, 0.4) is 0 Å². The number of hydrogen-bond donors (Lipinski definition) is 1. The van der Waals surface area contributed by atoms with Gasteiger partial charge in [-0.2, -0.15) is 5.10 Å². The van der Waals surface area contributed by atoms with Gasteiger partial charge in [-0.3, -0.25) is 14.5 Å². The summed E-state index contributed by atoms with van der Waals surface area (Å²) in [4.78, 5) is 21.0. The fourth-order valence-electron chi connectivity index (χ4n) is 3.81. The van der Waals surface area contributed by atoms with Crippen molar-refractivity contribution in [3.63, 3.8) is 0 Å². The molecule has 0 aliphatic carbocycles. The highest BCUT2D eigenvalue weighted by Gasteiger charge is 2.20. The van der Waals surface area contributed by atoms with Crippen molar-refractivity contribution in [3.8, 4) is 21.8 Å². The molecule has 0 amide bonds. The average Bonchev–Trinajstić information content (AvgIpc) is 3.30. The second-order valence-corrected chi connectivity index (χ2v) is 8.86. The number of aryl methyl sites for hydroxylation is 2. The summed E-state index contributed by atoms with van der Waals surface area (Å²) in [6.45, 7) is 1.93. The van der Waals surface area contributed by atoms with Gasteiger partial charge in [-0.15, -0.1) is 11.3 Å². The summed E-state index contributed by atoms with van der Waals surface area (Å²) in [7, 11) is 1.88. The molecule has 0 spiro atoms. The van der Waals surface area contributed by atoms with E-state index in [9.17, 15) is 9.90 Å². The molecular weight excluding hydrogens is 432 g/mol. The molecule has 31 heavy (non-hydrogen) atoms. The third-order valence-electron chi connectivity index (χ3n) is 5.20. The van der Waals surface area contributed by atoms with Gasteiger partial charge in [0.1, 0.15) is 10.5 Å². The molecule has 8 heteroatoms. The van der Waals surface area contributed by atoms with Gasteiger partial charge in [0.05, 0.1) is 28.5 Å². The fraction of sp³-hybridized carbons (Fsp3) is 0.130. The number of fused-ring (bicyclic) bond motifs is 2. The maximum atomic E-state index is 11.6. The first kappa shape index (κ1) is 19.7. The van der Waals surface area contributed by atoms with Crippen LogP contribution in [0.15, 0.2) is 48.8 Å². The van der Waals surface area contributed by atoms with Gasteiger partial charge in [0.25, 0.3) is 0 Å². The van der Waals surface area contributed by atoms with E-state index in [-0.39, 0.29) is 6.42 Å². The number of thiazole rings is 1. The highest BCUT2D eigenvalue weighted by atomic mass is 35.5. The minimum absolute atomic E-state index is 0.0626. The lowest BCUT2D eigenvalue weighted by Crippen LogP contribution is -2.04. The SMILES string of the molecule is Cc1cc2nc(-c3cc4cn(C)nc4cn3)sc2c(-c2ccc(Cl)cc2)c1CC(=O)O. The molecule has 0 fully saturated rings. The summed E-state index contributed by atoms with van der Waals surface area (Å²) in [5.74, 6) is -0.869. The minimum Gasteiger partial charge on any atom is -0.481 e. The molecule has 3 heterocycles. The standard InChI is InChI=1S/C23H17ClN4O2S/c1-12-7-17-22(21(16(12)9-20(29)30)13-3-5-15(24)6-4-13)31-23(26-17)18-8-14-11-28(2)27-19(14)10-25-18/h3-8,10-11H,9H2,1-2H3,(H,29,30). The molecule has 1 N–H and O–H groups in total. The predicted octanol–water partition coefficient (Wildman–Crippen LogP) is 5.50. The van der Waals surface area contributed by atoms with Crippen molar-refractivity contribution in [1.29, 1.82) is 0 Å². The molecular formula is C23H17ClN4O2S. The molecule has 6 nitrogen and oxygen atoms in total. The zero-order valence-electron chi connectivity index (χ0n) is 16.8. The summed E-state index contributed by atoms with van der Waals surface area (Å²) in [6, 6.07) is 11.4. The molecule has 5 aromatic rings. The van der Waals surface area contributed by atoms with E-state index in [1.54, 1.807) is 10.9 Å². The number of carbonyl (C=O) groups is 1. The molecule has 0 unspecified atom stereocenters. The van der Waals surface area contributed by atoms with Crippen molar-refractivity contribution in [2.75, 3.05) is 0 Å². The largest absolute Gasteiger partial charge is 0.481 e. The molecule has 0 saturated carbocycles. The number of nitrogens with zero attached hydrogens (tertiary/aromatic N) is 4. The smallest absolute Gasteiger partial charge is 0.307 e. The van der Waals surface area contributed by atoms with Gasteiger partial charge in [0.2, 0.25) is 0 Å². The van der Waals surface area contributed by atoms with Crippen LogP contribution < -0.4 is 0 Å². The van der Waals surface area contributed by atoms with Gasteiger partial charge < -0.3 is 5.11 Å². The van der Waals surface area contributed by atoms with Crippen molar-refractivity contribution < 1.29 is 9.90 Å². The molecule has 0 saturated heterocycles. The fourth-order valence-corrected chi connectivity index (χ4v) is 5.05. The van der Waals surface area contributed by atoms with E-state index < -0.39 is 5.97 Å². The minimum atomic E-state index is -0.869. The number of halogens is 1. The number of rotatable bonds is 4. The third-order valence-corrected chi connectivity index (χ3v) is 6.56. The second-order valence-electron chi connectivity index (χ2n) is 7.42. The number of hydrogen-bond acceptors (Lipinski definition) is 5. The quantitative estimate of drug-likeness (QED) is 0.392. The molecule has 0 aliphatic rings. The normalized spacial score (nSPS) is 11.5. The van der Waals surface area contributed by atoms with E-state index >= 15 is 0 Å². The van der Waals surface area contributed by atoms with Gasteiger partial charge in [-0.25, -0.2) is 4.98 Å². The van der Waals surface area contributed by atoms with Crippen LogP contribution in [0.25, 0.3) is 42.9 Å². The lowest BCUT2D eigenvalue weighted by Gasteiger charge is -2.13. The number of carboxylic acid groups (broad SMARTS) is 1. The van der Waals surface area contributed by atoms with E-state index in [1.807, 2.05) is 56.6 Å². The molecule has 0 aliphatic heterocycles. The summed E-state index contributed by atoms with van der Waals surface area (Å²) >= 11 is 7.60. The van der Waals surface area contributed by atoms with Crippen molar-refractivity contribution in [1.82, 2.24) is 19.7 Å². The highest BCUT2D eigenvalue weighted by molar-refractivity contribution is 7.22. The van der Waals surface area contributed by atoms with Gasteiger partial charge in [-0.1, -0.05) is 23.7 Å². The molecule has 0 radical (unpaired) electrons. The van der Waals surface area contributed by atoms with Crippen LogP contribution in [0.4, 0.5) is 0 Å². The summed E-state index contributed by atoms with van der Waals surface area (Å²) in [5, 5.41) is 16.3. The molecule has 3 aromatic heterocycles. The van der Waals surface area contributed by atoms with Crippen LogP contribution >= 0.6 is 22.9 Å². The highest BCUT2D eigenvalue weighted by Crippen LogP contribution is 2.41. The van der Waals surface area contributed by atoms with Gasteiger partial charge in [0, 0.05) is 29.2 Å². The monoisotopic (exact) mass is 448 g/mol. The van der Waals surface area contributed by atoms with Crippen molar-refractivity contribution >= 4 is 50.0 Å². The molecule has 154 valence electrons. The Hall–Kier alpha value is -3.29. The molecule has 0 atom stereocenters. The van der Waals surface area contributed by atoms with Crippen LogP contribution in [0.5, 0.6) is 0 Å². The zero-order valence-corrected chi connectivity index (χ0v) is 18.3. The lowest BCUT2D eigenvalue weighted by molar-refractivity contribution is -0.136. The first-order chi connectivity index (χ1) is 14.9. The van der Waals surface area contributed by atoms with Crippen LogP contribution in [-0.2, 0) is 18.3 Å². The lowest BCUT2D eigenvalue weighted by atomic mass is 9.93. The van der Waals surface area contributed by atoms with Crippen molar-refractivity contribution in [2.45, 2.75) is 13.3 Å². The first-order valence-corrected chi connectivity index (χ1v) is 10.8. The Kier molecular flexibility index (Phi) is 4.72. The number of aliphatic carboxylic acids is 1. The topological polar surface area (TPSA) is 80.9 Å². The summed E-state index contributed by atoms with van der Waals surface area (Å²) in [5.41, 5.74) is 5.90. The van der Waals surface area contributed by atoms with E-state index in [1.165, 1.54) is 11.3 Å². The van der Waals surface area contributed by atoms with E-state index in [4.69, 9.17) is 16.6 Å². The molecule has 2 aromatic carbocycles. The van der Waals surface area contributed by atoms with E-state index in [0.29, 0.717) is 5.02 Å². The maximum absolute atomic E-state index is 11.6. The Morgan fingerprint density at radius 3 is 2.71 bits per heavy atom. The van der Waals surface area contributed by atoms with E-state index in [2.05, 4.69) is 10.1 Å². The average molecular weight is 449 g/mol. The number of benzene rings is 2. The second kappa shape index (κ2) is 7.44. The number of pyridine rings is 1. The summed E-state index contributed by atoms with van der Waals surface area (Å²) in [6.07, 6.45) is 3.63. The van der Waals surface area contributed by atoms with Crippen molar-refractivity contribution in [3.05, 3.63) is 64.9 Å². The van der Waals surface area contributed by atoms with Crippen molar-refractivity contribution in [2.24, 2.45) is 7.05 Å². The zero-order chi connectivity index (χ0) is 21.7. The Labute approximate surface area is 186 Å². The van der Waals surface area contributed by atoms with Crippen LogP contribution in [-0.4, -0.2) is 30.8 Å². The van der Waals surface area contributed by atoms with Crippen LogP contribution in [0.1, 0.15) is 11.1 Å². The van der Waals surface area contributed by atoms with Crippen LogP contribution in [0.2, 0.25) is 5.02 Å². The third kappa shape index (κ3) is 3.56. The maximum Gasteiger partial charge on any atom is 0.307 e. The van der Waals surface area contributed by atoms with Gasteiger partial charge in [0.15, 0.2) is 0 Å². The molecule has 5 rings (SSSR count). The van der Waals surface area contributed by atoms with Gasteiger partial charge >= 0.3 is 5.97 Å². The Morgan fingerprint density at radius 1 is 1.19 bits per heavy atom. The van der Waals surface area contributed by atoms with E-state index in [0.717, 1.165) is 54.1 Å².